The Kier molecular flexibility index (Phi) is 7.13. The molecule has 9 rings (SSSR count). The lowest BCUT2D eigenvalue weighted by Crippen LogP contribution is -2.09. The number of anilines is 1. The van der Waals surface area contributed by atoms with Crippen LogP contribution in [0.2, 0.25) is 0 Å². The first kappa shape index (κ1) is 28.6. The fourth-order valence-electron chi connectivity index (χ4n) is 6.63. The topological polar surface area (TPSA) is 59.9 Å². The van der Waals surface area contributed by atoms with Crippen LogP contribution in [-0.4, -0.2) is 15.0 Å². The minimum absolute atomic E-state index is 0.236. The van der Waals surface area contributed by atoms with Gasteiger partial charge in [0.2, 0.25) is 0 Å². The van der Waals surface area contributed by atoms with Crippen LogP contribution >= 0.6 is 0 Å². The molecule has 1 unspecified atom stereocenters. The summed E-state index contributed by atoms with van der Waals surface area (Å²) in [5.41, 5.74) is 9.23. The van der Waals surface area contributed by atoms with Crippen LogP contribution in [0.1, 0.15) is 11.8 Å². The third-order valence-corrected chi connectivity index (χ3v) is 8.99. The van der Waals surface area contributed by atoms with E-state index in [1.54, 1.807) is 0 Å². The molecule has 0 fully saturated rings. The smallest absolute Gasteiger partial charge is 0.196 e. The average Bonchev–Trinajstić information content (AvgIpc) is 3.62. The summed E-state index contributed by atoms with van der Waals surface area (Å²) in [5, 5.41) is 5.94. The van der Waals surface area contributed by atoms with E-state index in [-0.39, 0.29) is 6.23 Å². The van der Waals surface area contributed by atoms with Crippen molar-refractivity contribution in [1.82, 2.24) is 15.0 Å². The summed E-state index contributed by atoms with van der Waals surface area (Å²) in [6.45, 7) is 0. The molecule has 1 aromatic heterocycles. The van der Waals surface area contributed by atoms with Crippen molar-refractivity contribution < 1.29 is 4.74 Å². The van der Waals surface area contributed by atoms with Crippen molar-refractivity contribution in [3.8, 4) is 62.2 Å². The molecule has 1 N–H and O–H groups in total. The predicted molar refractivity (Wildman–Crippen MR) is 198 cm³/mol. The van der Waals surface area contributed by atoms with Gasteiger partial charge in [-0.1, -0.05) is 158 Å². The number of benzene rings is 7. The predicted octanol–water partition coefficient (Wildman–Crippen LogP) is 10.9. The fourth-order valence-corrected chi connectivity index (χ4v) is 6.63. The minimum Gasteiger partial charge on any atom is -0.464 e. The molecule has 0 saturated carbocycles. The second kappa shape index (κ2) is 12.2. The molecule has 1 atom stereocenters. The summed E-state index contributed by atoms with van der Waals surface area (Å²) < 4.78 is 6.32. The summed E-state index contributed by atoms with van der Waals surface area (Å²) in [5.74, 6) is 2.73. The molecular weight excluding hydrogens is 601 g/mol. The van der Waals surface area contributed by atoms with Crippen molar-refractivity contribution in [2.75, 3.05) is 5.32 Å². The number of aromatic nitrogens is 3. The van der Waals surface area contributed by atoms with Gasteiger partial charge in [-0.05, 0) is 45.2 Å². The van der Waals surface area contributed by atoms with E-state index in [1.165, 1.54) is 10.8 Å². The van der Waals surface area contributed by atoms with Gasteiger partial charge in [-0.3, -0.25) is 0 Å². The number of rotatable bonds is 6. The summed E-state index contributed by atoms with van der Waals surface area (Å²) in [7, 11) is 0. The van der Waals surface area contributed by atoms with E-state index in [4.69, 9.17) is 19.7 Å². The summed E-state index contributed by atoms with van der Waals surface area (Å²) in [6.07, 6.45) is -0.236. The SMILES string of the molecule is c1ccc(-c2nc(-c3ccccc3)nc(-c3ccccc3-c3ccc4ccccc4c3-c3ccc4c(c3)NC(c3ccccc3)O4)n2)cc1. The van der Waals surface area contributed by atoms with Crippen LogP contribution < -0.4 is 10.1 Å². The standard InChI is InChI=1S/C44H30N4O/c1-4-15-30(16-5-1)41-46-42(31-17-6-2-7-18-31)48-43(47-41)37-23-13-12-22-35(37)36-26-24-29-14-10-11-21-34(29)40(36)33-25-27-39-38(28-33)45-44(49-39)32-19-8-3-9-20-32/h1-28,44-45H. The van der Waals surface area contributed by atoms with Crippen molar-refractivity contribution in [2.45, 2.75) is 6.23 Å². The quantitative estimate of drug-likeness (QED) is 0.198. The molecule has 5 heteroatoms. The Balaban J connectivity index is 1.22. The average molecular weight is 631 g/mol. The molecule has 5 nitrogen and oxygen atoms in total. The van der Waals surface area contributed by atoms with E-state index in [1.807, 2.05) is 84.9 Å². The highest BCUT2D eigenvalue weighted by Gasteiger charge is 2.25. The van der Waals surface area contributed by atoms with Gasteiger partial charge in [-0.15, -0.1) is 0 Å². The molecule has 0 spiro atoms. The summed E-state index contributed by atoms with van der Waals surface area (Å²) >= 11 is 0. The molecule has 8 aromatic rings. The molecule has 1 aliphatic heterocycles. The molecule has 0 radical (unpaired) electrons. The molecule has 0 bridgehead atoms. The number of hydrogen-bond acceptors (Lipinski definition) is 5. The van der Waals surface area contributed by atoms with Crippen molar-refractivity contribution in [1.29, 1.82) is 0 Å². The van der Waals surface area contributed by atoms with Gasteiger partial charge >= 0.3 is 0 Å². The second-order valence-electron chi connectivity index (χ2n) is 12.1. The zero-order chi connectivity index (χ0) is 32.6. The third-order valence-electron chi connectivity index (χ3n) is 8.99. The lowest BCUT2D eigenvalue weighted by Gasteiger charge is -2.17. The molecule has 1 aliphatic rings. The van der Waals surface area contributed by atoms with E-state index in [0.29, 0.717) is 17.5 Å². The number of hydrogen-bond donors (Lipinski definition) is 1. The van der Waals surface area contributed by atoms with Gasteiger partial charge in [0.25, 0.3) is 0 Å². The Morgan fingerprint density at radius 2 is 1.04 bits per heavy atom. The zero-order valence-corrected chi connectivity index (χ0v) is 26.5. The highest BCUT2D eigenvalue weighted by molar-refractivity contribution is 6.06. The summed E-state index contributed by atoms with van der Waals surface area (Å²) in [4.78, 5) is 15.1. The Labute approximate surface area is 284 Å². The van der Waals surface area contributed by atoms with Gasteiger partial charge < -0.3 is 10.1 Å². The maximum atomic E-state index is 6.32. The van der Waals surface area contributed by atoms with Crippen LogP contribution in [0.25, 0.3) is 67.2 Å². The van der Waals surface area contributed by atoms with Crippen LogP contribution in [-0.2, 0) is 0 Å². The van der Waals surface area contributed by atoms with Gasteiger partial charge in [0.1, 0.15) is 5.75 Å². The van der Waals surface area contributed by atoms with Gasteiger partial charge in [0.05, 0.1) is 5.69 Å². The van der Waals surface area contributed by atoms with Crippen molar-refractivity contribution in [3.63, 3.8) is 0 Å². The maximum absolute atomic E-state index is 6.32. The van der Waals surface area contributed by atoms with E-state index in [2.05, 4.69) is 90.2 Å². The largest absolute Gasteiger partial charge is 0.464 e. The maximum Gasteiger partial charge on any atom is 0.196 e. The minimum atomic E-state index is -0.236. The zero-order valence-electron chi connectivity index (χ0n) is 26.5. The van der Waals surface area contributed by atoms with E-state index < -0.39 is 0 Å². The third kappa shape index (κ3) is 5.37. The Morgan fingerprint density at radius 1 is 0.449 bits per heavy atom. The van der Waals surface area contributed by atoms with Gasteiger partial charge in [-0.2, -0.15) is 0 Å². The van der Waals surface area contributed by atoms with E-state index in [9.17, 15) is 0 Å². The second-order valence-corrected chi connectivity index (χ2v) is 12.1. The molecule has 2 heterocycles. The first-order chi connectivity index (χ1) is 24.3. The lowest BCUT2D eigenvalue weighted by molar-refractivity contribution is 0.260. The van der Waals surface area contributed by atoms with Crippen LogP contribution in [0, 0.1) is 0 Å². The monoisotopic (exact) mass is 630 g/mol. The van der Waals surface area contributed by atoms with Gasteiger partial charge in [0.15, 0.2) is 23.7 Å². The molecule has 7 aromatic carbocycles. The molecular formula is C44H30N4O. The Hall–Kier alpha value is -6.59. The highest BCUT2D eigenvalue weighted by atomic mass is 16.5. The Morgan fingerprint density at radius 3 is 1.76 bits per heavy atom. The summed E-state index contributed by atoms with van der Waals surface area (Å²) in [6, 6.07) is 58.2. The molecule has 0 amide bonds. The molecule has 0 saturated heterocycles. The number of ether oxygens (including phenoxy) is 1. The lowest BCUT2D eigenvalue weighted by atomic mass is 9.87. The number of nitrogens with one attached hydrogen (secondary N) is 1. The number of fused-ring (bicyclic) bond motifs is 2. The highest BCUT2D eigenvalue weighted by Crippen LogP contribution is 2.45. The van der Waals surface area contributed by atoms with E-state index >= 15 is 0 Å². The normalized spacial score (nSPS) is 13.4. The van der Waals surface area contributed by atoms with Crippen LogP contribution in [0.3, 0.4) is 0 Å². The van der Waals surface area contributed by atoms with Crippen LogP contribution in [0.5, 0.6) is 5.75 Å². The van der Waals surface area contributed by atoms with Crippen LogP contribution in [0.15, 0.2) is 170 Å². The molecule has 232 valence electrons. The first-order valence-corrected chi connectivity index (χ1v) is 16.4. The van der Waals surface area contributed by atoms with Crippen molar-refractivity contribution in [3.05, 3.63) is 175 Å². The van der Waals surface area contributed by atoms with Gasteiger partial charge in [0, 0.05) is 22.3 Å². The molecule has 49 heavy (non-hydrogen) atoms. The number of nitrogens with zero attached hydrogens (tertiary/aromatic N) is 3. The van der Waals surface area contributed by atoms with Crippen LogP contribution in [0.4, 0.5) is 5.69 Å². The van der Waals surface area contributed by atoms with Crippen molar-refractivity contribution >= 4 is 16.5 Å². The first-order valence-electron chi connectivity index (χ1n) is 16.4. The Bertz CT molecular complexity index is 2390. The van der Waals surface area contributed by atoms with Crippen molar-refractivity contribution in [2.24, 2.45) is 0 Å². The van der Waals surface area contributed by atoms with Gasteiger partial charge in [-0.25, -0.2) is 15.0 Å². The fraction of sp³-hybridized carbons (Fsp3) is 0.0227. The molecule has 0 aliphatic carbocycles. The van der Waals surface area contributed by atoms with E-state index in [0.717, 1.165) is 55.9 Å².